The summed E-state index contributed by atoms with van der Waals surface area (Å²) in [6.07, 6.45) is 2.83. The third kappa shape index (κ3) is 4.18. The van der Waals surface area contributed by atoms with Crippen molar-refractivity contribution < 1.29 is 0 Å². The van der Waals surface area contributed by atoms with Crippen LogP contribution in [0.3, 0.4) is 0 Å². The van der Waals surface area contributed by atoms with Crippen molar-refractivity contribution in [3.8, 4) is 0 Å². The van der Waals surface area contributed by atoms with Gasteiger partial charge in [-0.1, -0.05) is 35.8 Å². The van der Waals surface area contributed by atoms with Crippen molar-refractivity contribution in [2.24, 2.45) is 0 Å². The van der Waals surface area contributed by atoms with Crippen LogP contribution in [0.5, 0.6) is 0 Å². The normalized spacial score (nSPS) is 11.3. The van der Waals surface area contributed by atoms with Gasteiger partial charge >= 0.3 is 0 Å². The fraction of sp³-hybridized carbons (Fsp3) is 0.333. The van der Waals surface area contributed by atoms with Gasteiger partial charge in [-0.3, -0.25) is 4.98 Å². The monoisotopic (exact) mass is 397 g/mol. The highest BCUT2D eigenvalue weighted by Crippen LogP contribution is 2.28. The van der Waals surface area contributed by atoms with Crippen molar-refractivity contribution in [1.82, 2.24) is 9.97 Å². The summed E-state index contributed by atoms with van der Waals surface area (Å²) < 4.78 is 1.08. The van der Waals surface area contributed by atoms with Gasteiger partial charge in [0.2, 0.25) is 0 Å². The highest BCUT2D eigenvalue weighted by molar-refractivity contribution is 9.10. The van der Waals surface area contributed by atoms with Crippen LogP contribution in [-0.4, -0.2) is 16.5 Å². The molecule has 0 saturated heterocycles. The highest BCUT2D eigenvalue weighted by atomic mass is 79.9. The first-order chi connectivity index (χ1) is 11.9. The summed E-state index contributed by atoms with van der Waals surface area (Å²) in [5.41, 5.74) is 5.87. The molecule has 3 nitrogen and oxygen atoms in total. The van der Waals surface area contributed by atoms with Gasteiger partial charge in [-0.15, -0.1) is 0 Å². The van der Waals surface area contributed by atoms with E-state index in [0.29, 0.717) is 5.92 Å². The van der Waals surface area contributed by atoms with Crippen LogP contribution >= 0.6 is 15.9 Å². The third-order valence-corrected chi connectivity index (χ3v) is 4.90. The zero-order valence-electron chi connectivity index (χ0n) is 15.2. The number of anilines is 1. The molecule has 0 bridgehead atoms. The molecule has 0 aliphatic rings. The summed E-state index contributed by atoms with van der Waals surface area (Å²) in [6, 6.07) is 10.6. The Balaban J connectivity index is 1.82. The van der Waals surface area contributed by atoms with E-state index in [1.54, 1.807) is 0 Å². The Morgan fingerprint density at radius 1 is 1.12 bits per heavy atom. The van der Waals surface area contributed by atoms with Gasteiger partial charge in [0.15, 0.2) is 0 Å². The van der Waals surface area contributed by atoms with Crippen molar-refractivity contribution in [3.63, 3.8) is 0 Å². The van der Waals surface area contributed by atoms with E-state index in [4.69, 9.17) is 4.98 Å². The maximum absolute atomic E-state index is 4.85. The number of pyridine rings is 2. The maximum Gasteiger partial charge on any atom is 0.130 e. The fourth-order valence-electron chi connectivity index (χ4n) is 3.05. The van der Waals surface area contributed by atoms with Crippen LogP contribution < -0.4 is 5.32 Å². The van der Waals surface area contributed by atoms with Crippen LogP contribution in [0.4, 0.5) is 5.82 Å². The lowest BCUT2D eigenvalue weighted by molar-refractivity contribution is 0.855. The SMILES string of the molecule is Cc1cnc(CCNc2nc3ccc(Br)cc3cc2C(C)C)c(C)c1. The number of hydrogen-bond acceptors (Lipinski definition) is 3. The number of nitrogens with one attached hydrogen (secondary N) is 1. The van der Waals surface area contributed by atoms with Gasteiger partial charge in [0, 0.05) is 34.7 Å². The molecular formula is C21H24BrN3. The molecule has 0 aliphatic heterocycles. The van der Waals surface area contributed by atoms with Gasteiger partial charge in [0.1, 0.15) is 5.82 Å². The molecule has 2 heterocycles. The number of rotatable bonds is 5. The number of aromatic nitrogens is 2. The average Bonchev–Trinajstić information content (AvgIpc) is 2.56. The smallest absolute Gasteiger partial charge is 0.130 e. The lowest BCUT2D eigenvalue weighted by Gasteiger charge is -2.15. The van der Waals surface area contributed by atoms with Gasteiger partial charge in [0.25, 0.3) is 0 Å². The van der Waals surface area contributed by atoms with Crippen LogP contribution in [0.15, 0.2) is 41.0 Å². The molecule has 0 fully saturated rings. The quantitative estimate of drug-likeness (QED) is 0.591. The summed E-state index contributed by atoms with van der Waals surface area (Å²) in [7, 11) is 0. The van der Waals surface area contributed by atoms with E-state index in [-0.39, 0.29) is 0 Å². The molecule has 130 valence electrons. The minimum Gasteiger partial charge on any atom is -0.369 e. The largest absolute Gasteiger partial charge is 0.369 e. The first kappa shape index (κ1) is 17.9. The first-order valence-corrected chi connectivity index (χ1v) is 9.49. The minimum absolute atomic E-state index is 0.414. The molecule has 1 aromatic carbocycles. The van der Waals surface area contributed by atoms with Gasteiger partial charge < -0.3 is 5.32 Å². The van der Waals surface area contributed by atoms with Gasteiger partial charge in [-0.05, 0) is 60.7 Å². The third-order valence-electron chi connectivity index (χ3n) is 4.41. The molecule has 25 heavy (non-hydrogen) atoms. The maximum atomic E-state index is 4.85. The van der Waals surface area contributed by atoms with Gasteiger partial charge in [-0.2, -0.15) is 0 Å². The van der Waals surface area contributed by atoms with E-state index >= 15 is 0 Å². The number of benzene rings is 1. The molecule has 3 aromatic rings. The molecule has 1 N–H and O–H groups in total. The summed E-state index contributed by atoms with van der Waals surface area (Å²) in [6.45, 7) is 9.44. The zero-order valence-corrected chi connectivity index (χ0v) is 16.8. The summed E-state index contributed by atoms with van der Waals surface area (Å²) in [4.78, 5) is 9.41. The second-order valence-electron chi connectivity index (χ2n) is 6.87. The van der Waals surface area contributed by atoms with Crippen LogP contribution in [0.1, 0.15) is 42.1 Å². The van der Waals surface area contributed by atoms with E-state index in [2.05, 4.69) is 78.2 Å². The Labute approximate surface area is 158 Å². The van der Waals surface area contributed by atoms with E-state index in [1.165, 1.54) is 22.1 Å². The molecule has 0 atom stereocenters. The number of halogens is 1. The summed E-state index contributed by atoms with van der Waals surface area (Å²) in [5, 5.41) is 4.70. The molecule has 2 aromatic heterocycles. The lowest BCUT2D eigenvalue weighted by Crippen LogP contribution is -2.11. The average molecular weight is 398 g/mol. The van der Waals surface area contributed by atoms with E-state index < -0.39 is 0 Å². The number of hydrogen-bond donors (Lipinski definition) is 1. The predicted molar refractivity (Wildman–Crippen MR) is 109 cm³/mol. The van der Waals surface area contributed by atoms with E-state index in [0.717, 1.165) is 34.5 Å². The highest BCUT2D eigenvalue weighted by Gasteiger charge is 2.11. The van der Waals surface area contributed by atoms with Crippen LogP contribution in [0.25, 0.3) is 10.9 Å². The predicted octanol–water partition coefficient (Wildman–Crippen LogP) is 5.79. The Kier molecular flexibility index (Phi) is 5.38. The topological polar surface area (TPSA) is 37.8 Å². The molecule has 0 spiro atoms. The summed E-state index contributed by atoms with van der Waals surface area (Å²) >= 11 is 3.54. The van der Waals surface area contributed by atoms with Crippen molar-refractivity contribution in [2.75, 3.05) is 11.9 Å². The van der Waals surface area contributed by atoms with Crippen LogP contribution in [-0.2, 0) is 6.42 Å². The van der Waals surface area contributed by atoms with Crippen molar-refractivity contribution in [3.05, 3.63) is 63.4 Å². The van der Waals surface area contributed by atoms with E-state index in [9.17, 15) is 0 Å². The zero-order chi connectivity index (χ0) is 18.0. The number of nitrogens with zero attached hydrogens (tertiary/aromatic N) is 2. The van der Waals surface area contributed by atoms with Crippen molar-refractivity contribution in [1.29, 1.82) is 0 Å². The Morgan fingerprint density at radius 3 is 2.64 bits per heavy atom. The first-order valence-electron chi connectivity index (χ1n) is 8.70. The van der Waals surface area contributed by atoms with Crippen molar-refractivity contribution >= 4 is 32.7 Å². The molecule has 4 heteroatoms. The molecule has 0 amide bonds. The van der Waals surface area contributed by atoms with Gasteiger partial charge in [0.05, 0.1) is 5.52 Å². The standard InChI is InChI=1S/C21H24BrN3/c1-13(2)18-11-16-10-17(22)5-6-20(16)25-21(18)23-8-7-19-15(4)9-14(3)12-24-19/h5-6,9-13H,7-8H2,1-4H3,(H,23,25). The lowest BCUT2D eigenvalue weighted by atomic mass is 10.0. The van der Waals surface area contributed by atoms with Gasteiger partial charge in [-0.25, -0.2) is 4.98 Å². The summed E-state index contributed by atoms with van der Waals surface area (Å²) in [5.74, 6) is 1.40. The van der Waals surface area contributed by atoms with Crippen LogP contribution in [0, 0.1) is 13.8 Å². The second kappa shape index (κ2) is 7.52. The molecule has 0 unspecified atom stereocenters. The molecular weight excluding hydrogens is 374 g/mol. The molecule has 0 radical (unpaired) electrons. The van der Waals surface area contributed by atoms with Crippen molar-refractivity contribution in [2.45, 2.75) is 40.0 Å². The second-order valence-corrected chi connectivity index (χ2v) is 7.79. The Morgan fingerprint density at radius 2 is 1.92 bits per heavy atom. The number of fused-ring (bicyclic) bond motifs is 1. The number of aryl methyl sites for hydroxylation is 2. The Bertz CT molecular complexity index is 903. The molecule has 0 aliphatic carbocycles. The minimum atomic E-state index is 0.414. The molecule has 0 saturated carbocycles. The molecule has 3 rings (SSSR count). The fourth-order valence-corrected chi connectivity index (χ4v) is 3.43. The Hall–Kier alpha value is -1.94. The van der Waals surface area contributed by atoms with Crippen LogP contribution in [0.2, 0.25) is 0 Å². The van der Waals surface area contributed by atoms with E-state index in [1.807, 2.05) is 12.3 Å².